The van der Waals surface area contributed by atoms with E-state index in [0.29, 0.717) is 12.0 Å². The Kier molecular flexibility index (Phi) is 7.75. The maximum atomic E-state index is 10.6. The fourth-order valence-corrected chi connectivity index (χ4v) is 2.40. The summed E-state index contributed by atoms with van der Waals surface area (Å²) in [7, 11) is 1.91. The van der Waals surface area contributed by atoms with E-state index in [2.05, 4.69) is 18.7 Å². The summed E-state index contributed by atoms with van der Waals surface area (Å²) in [6.45, 7) is 8.01. The predicted octanol–water partition coefficient (Wildman–Crippen LogP) is 1.54. The fourth-order valence-electron chi connectivity index (χ4n) is 2.40. The van der Waals surface area contributed by atoms with Crippen molar-refractivity contribution in [1.29, 1.82) is 0 Å². The summed E-state index contributed by atoms with van der Waals surface area (Å²) < 4.78 is 0. The molecule has 1 fully saturated rings. The molecule has 5 heteroatoms. The molecular formula is C12H25ClN2O2. The monoisotopic (exact) mass is 264 g/mol. The minimum atomic E-state index is -0.730. The Morgan fingerprint density at radius 2 is 1.94 bits per heavy atom. The van der Waals surface area contributed by atoms with E-state index < -0.39 is 5.97 Å². The van der Waals surface area contributed by atoms with Crippen LogP contribution in [0.4, 0.5) is 0 Å². The highest BCUT2D eigenvalue weighted by Crippen LogP contribution is 2.16. The fraction of sp³-hybridized carbons (Fsp3) is 0.917. The quantitative estimate of drug-likeness (QED) is 0.818. The van der Waals surface area contributed by atoms with Gasteiger partial charge in [0.15, 0.2) is 0 Å². The number of piperidine rings is 1. The largest absolute Gasteiger partial charge is 0.480 e. The van der Waals surface area contributed by atoms with Gasteiger partial charge in [0.2, 0.25) is 0 Å². The minimum Gasteiger partial charge on any atom is -0.480 e. The third kappa shape index (κ3) is 6.24. The van der Waals surface area contributed by atoms with Gasteiger partial charge in [0, 0.05) is 12.6 Å². The summed E-state index contributed by atoms with van der Waals surface area (Å²) in [6, 6.07) is 0.444. The molecule has 0 spiro atoms. The molecule has 0 aliphatic carbocycles. The normalized spacial score (nSPS) is 18.4. The van der Waals surface area contributed by atoms with Gasteiger partial charge in [-0.1, -0.05) is 13.8 Å². The molecule has 0 atom stereocenters. The number of nitrogens with zero attached hydrogens (tertiary/aromatic N) is 2. The minimum absolute atomic E-state index is 0. The molecule has 1 aliphatic heterocycles. The van der Waals surface area contributed by atoms with Gasteiger partial charge >= 0.3 is 5.97 Å². The summed E-state index contributed by atoms with van der Waals surface area (Å²) in [6.07, 6.45) is 2.19. The van der Waals surface area contributed by atoms with Gasteiger partial charge in [-0.2, -0.15) is 0 Å². The number of likely N-dealkylation sites (tertiary alicyclic amines) is 1. The predicted molar refractivity (Wildman–Crippen MR) is 71.8 cm³/mol. The van der Waals surface area contributed by atoms with Crippen LogP contribution in [0.3, 0.4) is 0 Å². The molecule has 102 valence electrons. The summed E-state index contributed by atoms with van der Waals surface area (Å²) in [4.78, 5) is 15.1. The molecule has 0 aromatic rings. The molecule has 1 heterocycles. The molecule has 0 aromatic heterocycles. The van der Waals surface area contributed by atoms with Crippen LogP contribution in [0.25, 0.3) is 0 Å². The van der Waals surface area contributed by atoms with E-state index in [9.17, 15) is 4.79 Å². The molecule has 0 saturated carbocycles. The average molecular weight is 265 g/mol. The molecule has 0 unspecified atom stereocenters. The van der Waals surface area contributed by atoms with Crippen LogP contribution >= 0.6 is 12.4 Å². The van der Waals surface area contributed by atoms with Crippen molar-refractivity contribution in [1.82, 2.24) is 9.80 Å². The van der Waals surface area contributed by atoms with Crippen LogP contribution in [0, 0.1) is 5.92 Å². The highest BCUT2D eigenvalue weighted by molar-refractivity contribution is 5.85. The molecule has 1 N–H and O–H groups in total. The van der Waals surface area contributed by atoms with E-state index in [1.807, 2.05) is 11.9 Å². The molecule has 4 nitrogen and oxygen atoms in total. The lowest BCUT2D eigenvalue weighted by Crippen LogP contribution is -2.45. The number of carboxylic acid groups (broad SMARTS) is 1. The zero-order valence-corrected chi connectivity index (χ0v) is 11.9. The van der Waals surface area contributed by atoms with Crippen molar-refractivity contribution in [3.63, 3.8) is 0 Å². The molecule has 0 radical (unpaired) electrons. The molecule has 1 aliphatic rings. The van der Waals surface area contributed by atoms with Gasteiger partial charge in [0.05, 0.1) is 6.54 Å². The van der Waals surface area contributed by atoms with Crippen LogP contribution in [-0.2, 0) is 4.79 Å². The standard InChI is InChI=1S/C12H24N2O2.ClH/c1-10(2)8-14-6-4-11(5-7-14)13(3)9-12(15)16;/h10-11H,4-9H2,1-3H3,(H,15,16);1H. The van der Waals surface area contributed by atoms with E-state index >= 15 is 0 Å². The van der Waals surface area contributed by atoms with Gasteiger partial charge in [0.25, 0.3) is 0 Å². The summed E-state index contributed by atoms with van der Waals surface area (Å²) >= 11 is 0. The molecule has 17 heavy (non-hydrogen) atoms. The first-order valence-corrected chi connectivity index (χ1v) is 6.13. The van der Waals surface area contributed by atoms with Crippen molar-refractivity contribution < 1.29 is 9.90 Å². The maximum Gasteiger partial charge on any atom is 0.317 e. The molecular weight excluding hydrogens is 240 g/mol. The van der Waals surface area contributed by atoms with Crippen LogP contribution in [0.1, 0.15) is 26.7 Å². The third-order valence-corrected chi connectivity index (χ3v) is 3.19. The van der Waals surface area contributed by atoms with Crippen molar-refractivity contribution >= 4 is 18.4 Å². The van der Waals surface area contributed by atoms with E-state index in [-0.39, 0.29) is 19.0 Å². The van der Waals surface area contributed by atoms with E-state index in [1.54, 1.807) is 0 Å². The smallest absolute Gasteiger partial charge is 0.317 e. The van der Waals surface area contributed by atoms with Crippen molar-refractivity contribution in [2.24, 2.45) is 5.92 Å². The molecule has 1 saturated heterocycles. The number of likely N-dealkylation sites (N-methyl/N-ethyl adjacent to an activating group) is 1. The lowest BCUT2D eigenvalue weighted by Gasteiger charge is -2.36. The Morgan fingerprint density at radius 1 is 1.41 bits per heavy atom. The highest BCUT2D eigenvalue weighted by Gasteiger charge is 2.23. The first-order chi connectivity index (χ1) is 7.49. The topological polar surface area (TPSA) is 43.8 Å². The number of hydrogen-bond donors (Lipinski definition) is 1. The lowest BCUT2D eigenvalue weighted by atomic mass is 10.0. The van der Waals surface area contributed by atoms with E-state index in [1.165, 1.54) is 0 Å². The second kappa shape index (κ2) is 7.90. The number of hydrogen-bond acceptors (Lipinski definition) is 3. The number of aliphatic carboxylic acids is 1. The Morgan fingerprint density at radius 3 is 2.35 bits per heavy atom. The summed E-state index contributed by atoms with van der Waals surface area (Å²) in [5, 5.41) is 8.73. The number of rotatable bonds is 5. The highest BCUT2D eigenvalue weighted by atomic mass is 35.5. The molecule has 1 rings (SSSR count). The van der Waals surface area contributed by atoms with Crippen LogP contribution in [0.15, 0.2) is 0 Å². The Balaban J connectivity index is 0.00000256. The number of halogens is 1. The van der Waals surface area contributed by atoms with Gasteiger partial charge in [-0.15, -0.1) is 12.4 Å². The first kappa shape index (κ1) is 16.7. The lowest BCUT2D eigenvalue weighted by molar-refractivity contribution is -0.138. The molecule has 0 bridgehead atoms. The Labute approximate surface area is 110 Å². The van der Waals surface area contributed by atoms with Crippen molar-refractivity contribution in [3.05, 3.63) is 0 Å². The van der Waals surface area contributed by atoms with E-state index in [0.717, 1.165) is 32.5 Å². The first-order valence-electron chi connectivity index (χ1n) is 6.13. The number of carbonyl (C=O) groups is 1. The van der Waals surface area contributed by atoms with Gasteiger partial charge < -0.3 is 10.0 Å². The maximum absolute atomic E-state index is 10.6. The second-order valence-corrected chi connectivity index (χ2v) is 5.23. The van der Waals surface area contributed by atoms with Gasteiger partial charge in [-0.3, -0.25) is 9.69 Å². The van der Waals surface area contributed by atoms with Crippen molar-refractivity contribution in [2.75, 3.05) is 33.2 Å². The van der Waals surface area contributed by atoms with Crippen molar-refractivity contribution in [2.45, 2.75) is 32.7 Å². The van der Waals surface area contributed by atoms with Crippen LogP contribution in [-0.4, -0.2) is 60.1 Å². The zero-order valence-electron chi connectivity index (χ0n) is 11.1. The van der Waals surface area contributed by atoms with Gasteiger partial charge in [-0.05, 0) is 38.9 Å². The summed E-state index contributed by atoms with van der Waals surface area (Å²) in [5.41, 5.74) is 0. The number of carboxylic acids is 1. The van der Waals surface area contributed by atoms with Gasteiger partial charge in [-0.25, -0.2) is 0 Å². The molecule has 0 amide bonds. The molecule has 0 aromatic carbocycles. The second-order valence-electron chi connectivity index (χ2n) is 5.23. The van der Waals surface area contributed by atoms with Crippen molar-refractivity contribution in [3.8, 4) is 0 Å². The zero-order chi connectivity index (χ0) is 12.1. The van der Waals surface area contributed by atoms with Crippen LogP contribution in [0.5, 0.6) is 0 Å². The Hall–Kier alpha value is -0.320. The van der Waals surface area contributed by atoms with Crippen LogP contribution < -0.4 is 0 Å². The Bertz CT molecular complexity index is 229. The van der Waals surface area contributed by atoms with E-state index in [4.69, 9.17) is 5.11 Å². The summed E-state index contributed by atoms with van der Waals surface area (Å²) in [5.74, 6) is -0.0135. The average Bonchev–Trinajstić information content (AvgIpc) is 2.16. The van der Waals surface area contributed by atoms with Gasteiger partial charge in [0.1, 0.15) is 0 Å². The van der Waals surface area contributed by atoms with Crippen LogP contribution in [0.2, 0.25) is 0 Å². The third-order valence-electron chi connectivity index (χ3n) is 3.19. The SMILES string of the molecule is CC(C)CN1CCC(N(C)CC(=O)O)CC1.Cl.